The summed E-state index contributed by atoms with van der Waals surface area (Å²) in [5, 5.41) is 33.5. The molecule has 6 heterocycles. The molecule has 12 heteroatoms. The number of carbonyl (C=O) groups is 2. The summed E-state index contributed by atoms with van der Waals surface area (Å²) in [6, 6.07) is 35.5. The summed E-state index contributed by atoms with van der Waals surface area (Å²) in [4.78, 5) is 42.3. The molecular formula is C53H61LiN8O3. The maximum atomic E-state index is 13.3. The number of carboxylic acid groups (broad SMARTS) is 1. The van der Waals surface area contributed by atoms with Gasteiger partial charge >= 0.3 is 18.9 Å². The molecular weight excluding hydrogens is 804 g/mol. The maximum Gasteiger partial charge on any atom is 1.00 e. The van der Waals surface area contributed by atoms with Crippen LogP contribution in [0.2, 0.25) is 0 Å². The Kier molecular flexibility index (Phi) is 22.1. The number of carbonyl (C=O) groups excluding carboxylic acids is 2. The minimum absolute atomic E-state index is 0. The summed E-state index contributed by atoms with van der Waals surface area (Å²) in [5.74, 6) is -1.26. The van der Waals surface area contributed by atoms with Gasteiger partial charge in [-0.15, -0.1) is 0 Å². The predicted octanol–water partition coefficient (Wildman–Crippen LogP) is 6.29. The Bertz CT molecular complexity index is 2490. The molecule has 332 valence electrons. The summed E-state index contributed by atoms with van der Waals surface area (Å²) >= 11 is 0. The minimum atomic E-state index is -1.23. The second kappa shape index (κ2) is 26.3. The van der Waals surface area contributed by atoms with Gasteiger partial charge in [-0.1, -0.05) is 70.8 Å². The van der Waals surface area contributed by atoms with E-state index in [1.165, 1.54) is 28.3 Å². The van der Waals surface area contributed by atoms with E-state index < -0.39 is 11.4 Å². The standard InChI is InChI=1S/C25H24N4O.C14H18N2.C11H8N2O2.3CH4.Li/c1-19-5-2-3-6-21(19)17-25(18-26)10-15-29(16-11-25)24(30)22-7-4-12-28-23(22)20-8-13-27-14-9-20;1-12-4-2-3-5-13(12)10-14(11-15)6-8-16-9-7-14;14-11(15)9-2-1-5-13-10(9)8-3-6-12-7-4-8;;;;/h2-9,12-14H,10-11,15-17H2,1H3;2-5,16H,6-10H2,1H3;1-7H,(H,14,15);3*1H4;/q;;;;;;+1/p-1. The van der Waals surface area contributed by atoms with E-state index >= 15 is 0 Å². The molecule has 2 saturated heterocycles. The Morgan fingerprint density at radius 1 is 0.615 bits per heavy atom. The van der Waals surface area contributed by atoms with Gasteiger partial charge in [0, 0.05) is 67.0 Å². The number of amides is 1. The molecule has 8 rings (SSSR count). The number of likely N-dealkylation sites (tertiary alicyclic amines) is 1. The number of piperidine rings is 2. The first-order valence-electron chi connectivity index (χ1n) is 20.5. The van der Waals surface area contributed by atoms with Gasteiger partial charge in [-0.25, -0.2) is 0 Å². The van der Waals surface area contributed by atoms with Crippen molar-refractivity contribution < 1.29 is 33.6 Å². The monoisotopic (exact) mass is 865 g/mol. The Balaban J connectivity index is 0.000000354. The van der Waals surface area contributed by atoms with Crippen LogP contribution in [0.4, 0.5) is 0 Å². The number of hydrogen-bond donors (Lipinski definition) is 1. The molecule has 0 saturated carbocycles. The Morgan fingerprint density at radius 2 is 1.03 bits per heavy atom. The van der Waals surface area contributed by atoms with Crippen molar-refractivity contribution in [2.24, 2.45) is 10.8 Å². The van der Waals surface area contributed by atoms with Gasteiger partial charge in [-0.2, -0.15) is 10.5 Å². The molecule has 2 aliphatic heterocycles. The van der Waals surface area contributed by atoms with Crippen molar-refractivity contribution in [3.8, 4) is 34.7 Å². The summed E-state index contributed by atoms with van der Waals surface area (Å²) in [6.07, 6.45) is 14.7. The van der Waals surface area contributed by atoms with E-state index in [-0.39, 0.29) is 58.0 Å². The Hall–Kier alpha value is -6.48. The third-order valence-electron chi connectivity index (χ3n) is 11.6. The van der Waals surface area contributed by atoms with Crippen LogP contribution >= 0.6 is 0 Å². The molecule has 2 aromatic carbocycles. The van der Waals surface area contributed by atoms with Crippen LogP contribution in [0.3, 0.4) is 0 Å². The average Bonchev–Trinajstić information content (AvgIpc) is 3.32. The fourth-order valence-electron chi connectivity index (χ4n) is 7.84. The molecule has 6 aromatic rings. The SMILES string of the molecule is C.C.C.Cc1ccccc1CC1(C#N)CCN(C(=O)c2cccnc2-c2ccncc2)CC1.Cc1ccccc1CC1(C#N)CCNCC1.O=C([O-])c1cccnc1-c1ccncc1.[Li+]. The quantitative estimate of drug-likeness (QED) is 0.172. The topological polar surface area (TPSA) is 172 Å². The zero-order valence-electron chi connectivity index (χ0n) is 35.6. The van der Waals surface area contributed by atoms with Crippen molar-refractivity contribution >= 4 is 11.9 Å². The van der Waals surface area contributed by atoms with Crippen LogP contribution in [0.1, 0.15) is 90.9 Å². The first kappa shape index (κ1) is 54.7. The molecule has 11 nitrogen and oxygen atoms in total. The van der Waals surface area contributed by atoms with E-state index in [4.69, 9.17) is 0 Å². The fraction of sp³-hybridized carbons (Fsp3) is 0.321. The smallest absolute Gasteiger partial charge is 0.545 e. The fourth-order valence-corrected chi connectivity index (χ4v) is 7.84. The number of nitrogens with zero attached hydrogens (tertiary/aromatic N) is 7. The van der Waals surface area contributed by atoms with Crippen molar-refractivity contribution in [2.45, 2.75) is 74.7 Å². The van der Waals surface area contributed by atoms with Crippen molar-refractivity contribution in [3.63, 3.8) is 0 Å². The summed E-state index contributed by atoms with van der Waals surface area (Å²) in [6.45, 7) is 7.30. The van der Waals surface area contributed by atoms with Crippen molar-refractivity contribution in [1.29, 1.82) is 10.5 Å². The first-order valence-corrected chi connectivity index (χ1v) is 20.5. The van der Waals surface area contributed by atoms with Crippen LogP contribution in [0.25, 0.3) is 22.5 Å². The van der Waals surface area contributed by atoms with Gasteiger partial charge in [-0.3, -0.25) is 24.7 Å². The Labute approximate surface area is 398 Å². The van der Waals surface area contributed by atoms with E-state index in [1.54, 1.807) is 61.4 Å². The molecule has 0 unspecified atom stereocenters. The molecule has 1 amide bonds. The van der Waals surface area contributed by atoms with Crippen LogP contribution in [0.15, 0.2) is 134 Å². The van der Waals surface area contributed by atoms with Crippen molar-refractivity contribution in [3.05, 3.63) is 168 Å². The van der Waals surface area contributed by atoms with Gasteiger partial charge in [0.2, 0.25) is 0 Å². The molecule has 0 bridgehead atoms. The number of aromatic nitrogens is 4. The third-order valence-corrected chi connectivity index (χ3v) is 11.6. The summed E-state index contributed by atoms with van der Waals surface area (Å²) < 4.78 is 0. The van der Waals surface area contributed by atoms with Gasteiger partial charge in [0.25, 0.3) is 5.91 Å². The van der Waals surface area contributed by atoms with Gasteiger partial charge in [0.1, 0.15) is 0 Å². The van der Waals surface area contributed by atoms with Gasteiger partial charge in [-0.05, 0) is 136 Å². The van der Waals surface area contributed by atoms with E-state index in [0.717, 1.165) is 44.3 Å². The molecule has 2 aliphatic rings. The largest absolute Gasteiger partial charge is 1.00 e. The molecule has 2 fully saturated rings. The Morgan fingerprint density at radius 3 is 1.46 bits per heavy atom. The van der Waals surface area contributed by atoms with E-state index in [1.807, 2.05) is 35.2 Å². The number of benzene rings is 2. The molecule has 1 N–H and O–H groups in total. The van der Waals surface area contributed by atoms with Crippen LogP contribution in [0.5, 0.6) is 0 Å². The number of rotatable bonds is 8. The van der Waals surface area contributed by atoms with E-state index in [9.17, 15) is 25.2 Å². The molecule has 0 atom stereocenters. The minimum Gasteiger partial charge on any atom is -0.545 e. The number of carboxylic acids is 1. The molecule has 4 aromatic heterocycles. The molecule has 65 heavy (non-hydrogen) atoms. The number of nitrogens with one attached hydrogen (secondary N) is 1. The third kappa shape index (κ3) is 14.3. The molecule has 0 aliphatic carbocycles. The normalized spacial score (nSPS) is 14.1. The predicted molar refractivity (Wildman–Crippen MR) is 253 cm³/mol. The van der Waals surface area contributed by atoms with Crippen LogP contribution in [0, 0.1) is 47.3 Å². The van der Waals surface area contributed by atoms with Gasteiger partial charge < -0.3 is 20.1 Å². The van der Waals surface area contributed by atoms with Crippen LogP contribution in [-0.2, 0) is 12.8 Å². The number of hydrogen-bond acceptors (Lipinski definition) is 10. The number of nitriles is 2. The average molecular weight is 865 g/mol. The van der Waals surface area contributed by atoms with Crippen LogP contribution in [-0.4, -0.2) is 62.9 Å². The molecule has 0 spiro atoms. The second-order valence-corrected chi connectivity index (χ2v) is 15.6. The second-order valence-electron chi connectivity index (χ2n) is 15.6. The maximum absolute atomic E-state index is 13.3. The zero-order valence-corrected chi connectivity index (χ0v) is 35.6. The van der Waals surface area contributed by atoms with Crippen LogP contribution < -0.4 is 29.3 Å². The number of aromatic carboxylic acids is 1. The summed E-state index contributed by atoms with van der Waals surface area (Å²) in [7, 11) is 0. The number of pyridine rings is 4. The summed E-state index contributed by atoms with van der Waals surface area (Å²) in [5.41, 5.74) is 7.82. The van der Waals surface area contributed by atoms with E-state index in [2.05, 4.69) is 87.6 Å². The van der Waals surface area contributed by atoms with Crippen molar-refractivity contribution in [1.82, 2.24) is 30.2 Å². The van der Waals surface area contributed by atoms with E-state index in [0.29, 0.717) is 48.4 Å². The van der Waals surface area contributed by atoms with Gasteiger partial charge in [0.05, 0.1) is 45.9 Å². The zero-order chi connectivity index (χ0) is 43.1. The van der Waals surface area contributed by atoms with Gasteiger partial charge in [0.15, 0.2) is 0 Å². The molecule has 0 radical (unpaired) electrons. The first-order chi connectivity index (χ1) is 29.7. The van der Waals surface area contributed by atoms with Crippen molar-refractivity contribution in [2.75, 3.05) is 26.2 Å². The number of aryl methyl sites for hydroxylation is 2.